The van der Waals surface area contributed by atoms with E-state index in [0.717, 1.165) is 24.7 Å². The summed E-state index contributed by atoms with van der Waals surface area (Å²) < 4.78 is 2.23. The highest BCUT2D eigenvalue weighted by Crippen LogP contribution is 2.23. The lowest BCUT2D eigenvalue weighted by Crippen LogP contribution is -2.12. The van der Waals surface area contributed by atoms with Crippen molar-refractivity contribution in [2.45, 2.75) is 18.9 Å². The Hall–Kier alpha value is -1.32. The molecule has 3 rings (SSSR count). The number of hydrogen-bond donors (Lipinski definition) is 1. The summed E-state index contributed by atoms with van der Waals surface area (Å²) in [5, 5.41) is 4.19. The van der Waals surface area contributed by atoms with Gasteiger partial charge in [0.2, 0.25) is 0 Å². The van der Waals surface area contributed by atoms with E-state index in [0.29, 0.717) is 5.92 Å². The molecule has 1 saturated heterocycles. The van der Waals surface area contributed by atoms with E-state index in [-0.39, 0.29) is 0 Å². The topological polar surface area (TPSA) is 29.9 Å². The molecule has 0 bridgehead atoms. The first-order valence-electron chi connectivity index (χ1n) is 6.28. The van der Waals surface area contributed by atoms with Crippen molar-refractivity contribution < 1.29 is 0 Å². The molecular weight excluding hydrogens is 246 g/mol. The van der Waals surface area contributed by atoms with Gasteiger partial charge >= 0.3 is 0 Å². The van der Waals surface area contributed by atoms with Crippen molar-refractivity contribution in [2.75, 3.05) is 13.1 Å². The Labute approximate surface area is 112 Å². The van der Waals surface area contributed by atoms with E-state index >= 15 is 0 Å². The largest absolute Gasteiger partial charge is 0.330 e. The highest BCUT2D eigenvalue weighted by atomic mass is 35.5. The number of rotatable bonds is 3. The molecular formula is C14H16ClN3. The Kier molecular flexibility index (Phi) is 3.35. The highest BCUT2D eigenvalue weighted by Gasteiger charge is 2.19. The SMILES string of the molecule is Clc1cccc(Cn2cncc2C2CCNC2)c1. The van der Waals surface area contributed by atoms with Gasteiger partial charge in [0.25, 0.3) is 0 Å². The number of nitrogens with zero attached hydrogens (tertiary/aromatic N) is 2. The quantitative estimate of drug-likeness (QED) is 0.921. The Balaban J connectivity index is 1.82. The molecule has 0 amide bonds. The molecule has 1 aromatic heterocycles. The van der Waals surface area contributed by atoms with Crippen LogP contribution in [0.2, 0.25) is 5.02 Å². The van der Waals surface area contributed by atoms with Crippen LogP contribution >= 0.6 is 11.6 Å². The molecule has 0 aliphatic carbocycles. The predicted molar refractivity (Wildman–Crippen MR) is 73.0 cm³/mol. The molecule has 1 aromatic carbocycles. The molecule has 1 unspecified atom stereocenters. The fraction of sp³-hybridized carbons (Fsp3) is 0.357. The first kappa shape index (κ1) is 11.8. The normalized spacial score (nSPS) is 19.3. The second-order valence-corrected chi connectivity index (χ2v) is 5.20. The molecule has 1 aliphatic heterocycles. The maximum absolute atomic E-state index is 6.02. The minimum Gasteiger partial charge on any atom is -0.330 e. The Morgan fingerprint density at radius 2 is 2.39 bits per heavy atom. The Morgan fingerprint density at radius 1 is 1.44 bits per heavy atom. The lowest BCUT2D eigenvalue weighted by molar-refractivity contribution is 0.654. The lowest BCUT2D eigenvalue weighted by Gasteiger charge is -2.13. The molecule has 0 radical (unpaired) electrons. The molecule has 1 aliphatic rings. The van der Waals surface area contributed by atoms with Gasteiger partial charge in [0.15, 0.2) is 0 Å². The minimum absolute atomic E-state index is 0.590. The molecule has 18 heavy (non-hydrogen) atoms. The molecule has 0 saturated carbocycles. The van der Waals surface area contributed by atoms with E-state index in [9.17, 15) is 0 Å². The lowest BCUT2D eigenvalue weighted by atomic mass is 10.1. The zero-order valence-electron chi connectivity index (χ0n) is 10.1. The van der Waals surface area contributed by atoms with Crippen LogP contribution in [0.5, 0.6) is 0 Å². The number of hydrogen-bond acceptors (Lipinski definition) is 2. The number of nitrogens with one attached hydrogen (secondary N) is 1. The maximum Gasteiger partial charge on any atom is 0.0951 e. The standard InChI is InChI=1S/C14H16ClN3/c15-13-3-1-2-11(6-13)9-18-10-17-8-14(18)12-4-5-16-7-12/h1-3,6,8,10,12,16H,4-5,7,9H2. The molecule has 4 heteroatoms. The van der Waals surface area contributed by atoms with Crippen molar-refractivity contribution >= 4 is 11.6 Å². The summed E-state index contributed by atoms with van der Waals surface area (Å²) in [4.78, 5) is 4.29. The second kappa shape index (κ2) is 5.12. The van der Waals surface area contributed by atoms with Gasteiger partial charge in [-0.2, -0.15) is 0 Å². The summed E-state index contributed by atoms with van der Waals surface area (Å²) in [5.41, 5.74) is 2.53. The zero-order valence-corrected chi connectivity index (χ0v) is 10.9. The van der Waals surface area contributed by atoms with Gasteiger partial charge in [-0.1, -0.05) is 23.7 Å². The summed E-state index contributed by atoms with van der Waals surface area (Å²) in [6.45, 7) is 3.00. The van der Waals surface area contributed by atoms with Crippen molar-refractivity contribution in [3.8, 4) is 0 Å². The average molecular weight is 262 g/mol. The third-order valence-corrected chi connectivity index (χ3v) is 3.70. The number of benzene rings is 1. The summed E-state index contributed by atoms with van der Waals surface area (Å²) in [7, 11) is 0. The minimum atomic E-state index is 0.590. The third-order valence-electron chi connectivity index (χ3n) is 3.47. The average Bonchev–Trinajstić information content (AvgIpc) is 2.98. The fourth-order valence-electron chi connectivity index (χ4n) is 2.54. The van der Waals surface area contributed by atoms with E-state index in [2.05, 4.69) is 20.9 Å². The first-order valence-corrected chi connectivity index (χ1v) is 6.66. The zero-order chi connectivity index (χ0) is 12.4. The van der Waals surface area contributed by atoms with Gasteiger partial charge in [-0.25, -0.2) is 4.98 Å². The monoisotopic (exact) mass is 261 g/mol. The van der Waals surface area contributed by atoms with Gasteiger partial charge < -0.3 is 9.88 Å². The van der Waals surface area contributed by atoms with Crippen LogP contribution in [0.1, 0.15) is 23.6 Å². The van der Waals surface area contributed by atoms with Crippen molar-refractivity contribution in [2.24, 2.45) is 0 Å². The smallest absolute Gasteiger partial charge is 0.0951 e. The molecule has 1 fully saturated rings. The van der Waals surface area contributed by atoms with Crippen LogP contribution in [0, 0.1) is 0 Å². The molecule has 0 spiro atoms. The number of imidazole rings is 1. The van der Waals surface area contributed by atoms with Crippen LogP contribution in [-0.4, -0.2) is 22.6 Å². The van der Waals surface area contributed by atoms with Crippen LogP contribution < -0.4 is 5.32 Å². The van der Waals surface area contributed by atoms with E-state index in [1.165, 1.54) is 17.7 Å². The van der Waals surface area contributed by atoms with E-state index in [4.69, 9.17) is 11.6 Å². The molecule has 2 aromatic rings. The second-order valence-electron chi connectivity index (χ2n) is 4.77. The van der Waals surface area contributed by atoms with Gasteiger partial charge in [-0.05, 0) is 30.7 Å². The van der Waals surface area contributed by atoms with Crippen LogP contribution in [0.3, 0.4) is 0 Å². The fourth-order valence-corrected chi connectivity index (χ4v) is 2.76. The molecule has 1 N–H and O–H groups in total. The summed E-state index contributed by atoms with van der Waals surface area (Å²) in [6, 6.07) is 8.01. The highest BCUT2D eigenvalue weighted by molar-refractivity contribution is 6.30. The van der Waals surface area contributed by atoms with Crippen molar-refractivity contribution in [3.63, 3.8) is 0 Å². The van der Waals surface area contributed by atoms with Gasteiger partial charge in [0.1, 0.15) is 0 Å². The maximum atomic E-state index is 6.02. The van der Waals surface area contributed by atoms with Crippen LogP contribution in [0.4, 0.5) is 0 Å². The van der Waals surface area contributed by atoms with Crippen molar-refractivity contribution in [1.82, 2.24) is 14.9 Å². The molecule has 1 atom stereocenters. The van der Waals surface area contributed by atoms with E-state index in [1.54, 1.807) is 0 Å². The summed E-state index contributed by atoms with van der Waals surface area (Å²) in [6.07, 6.45) is 5.10. The van der Waals surface area contributed by atoms with Crippen molar-refractivity contribution in [1.29, 1.82) is 0 Å². The van der Waals surface area contributed by atoms with Crippen LogP contribution in [0.25, 0.3) is 0 Å². The van der Waals surface area contributed by atoms with Crippen LogP contribution in [-0.2, 0) is 6.54 Å². The van der Waals surface area contributed by atoms with E-state index < -0.39 is 0 Å². The molecule has 3 nitrogen and oxygen atoms in total. The van der Waals surface area contributed by atoms with Gasteiger partial charge in [0.05, 0.1) is 6.33 Å². The van der Waals surface area contributed by atoms with Gasteiger partial charge in [-0.15, -0.1) is 0 Å². The summed E-state index contributed by atoms with van der Waals surface area (Å²) in [5.74, 6) is 0.590. The van der Waals surface area contributed by atoms with E-state index in [1.807, 2.05) is 30.7 Å². The van der Waals surface area contributed by atoms with Crippen molar-refractivity contribution in [3.05, 3.63) is 53.1 Å². The predicted octanol–water partition coefficient (Wildman–Crippen LogP) is 2.66. The molecule has 94 valence electrons. The van der Waals surface area contributed by atoms with Gasteiger partial charge in [0, 0.05) is 35.9 Å². The third kappa shape index (κ3) is 2.42. The van der Waals surface area contributed by atoms with Crippen LogP contribution in [0.15, 0.2) is 36.8 Å². The number of halogens is 1. The number of aromatic nitrogens is 2. The molecule has 2 heterocycles. The van der Waals surface area contributed by atoms with Gasteiger partial charge in [-0.3, -0.25) is 0 Å². The Bertz CT molecular complexity index is 529. The summed E-state index contributed by atoms with van der Waals surface area (Å²) >= 11 is 6.02. The first-order chi connectivity index (χ1) is 8.83. The Morgan fingerprint density at radius 3 is 3.17 bits per heavy atom.